The van der Waals surface area contributed by atoms with E-state index in [-0.39, 0.29) is 5.91 Å². The van der Waals surface area contributed by atoms with Crippen LogP contribution in [0.25, 0.3) is 0 Å². The number of carbonyl (C=O) groups is 1. The van der Waals surface area contributed by atoms with Crippen molar-refractivity contribution in [2.24, 2.45) is 5.92 Å². The molecule has 18 heavy (non-hydrogen) atoms. The molecular formula is C14H20N2O2. The average Bonchev–Trinajstić information content (AvgIpc) is 2.40. The number of piperidine rings is 1. The van der Waals surface area contributed by atoms with Gasteiger partial charge in [0.15, 0.2) is 0 Å². The molecule has 1 aromatic rings. The third-order valence-corrected chi connectivity index (χ3v) is 3.49. The number of aromatic nitrogens is 1. The number of rotatable bonds is 4. The van der Waals surface area contributed by atoms with Crippen molar-refractivity contribution >= 4 is 5.91 Å². The van der Waals surface area contributed by atoms with Crippen molar-refractivity contribution < 1.29 is 9.53 Å². The lowest BCUT2D eigenvalue weighted by atomic mass is 9.94. The van der Waals surface area contributed by atoms with E-state index in [0.29, 0.717) is 5.92 Å². The summed E-state index contributed by atoms with van der Waals surface area (Å²) in [6.07, 6.45) is 6.72. The van der Waals surface area contributed by atoms with Crippen molar-refractivity contribution in [3.63, 3.8) is 0 Å². The summed E-state index contributed by atoms with van der Waals surface area (Å²) in [5.41, 5.74) is 0. The summed E-state index contributed by atoms with van der Waals surface area (Å²) in [5, 5.41) is 0. The molecule has 0 N–H and O–H groups in total. The molecule has 98 valence electrons. The van der Waals surface area contributed by atoms with Gasteiger partial charge in [-0.25, -0.2) is 0 Å². The minimum absolute atomic E-state index is 0.194. The molecule has 0 radical (unpaired) electrons. The first kappa shape index (κ1) is 12.9. The summed E-state index contributed by atoms with van der Waals surface area (Å²) >= 11 is 0. The van der Waals surface area contributed by atoms with Crippen LogP contribution < -0.4 is 4.74 Å². The van der Waals surface area contributed by atoms with Gasteiger partial charge in [0.25, 0.3) is 0 Å². The second kappa shape index (κ2) is 6.38. The van der Waals surface area contributed by atoms with Crippen LogP contribution in [0, 0.1) is 5.92 Å². The zero-order chi connectivity index (χ0) is 12.8. The minimum atomic E-state index is 0.194. The largest absolute Gasteiger partial charge is 0.492 e. The first-order valence-corrected chi connectivity index (χ1v) is 6.54. The second-order valence-corrected chi connectivity index (χ2v) is 4.78. The van der Waals surface area contributed by atoms with Crippen molar-refractivity contribution in [2.45, 2.75) is 26.2 Å². The highest BCUT2D eigenvalue weighted by molar-refractivity contribution is 5.73. The SMILES string of the molecule is CC(=O)N1CCC(CCOc2cccnc2)CC1. The Labute approximate surface area is 108 Å². The first-order chi connectivity index (χ1) is 8.75. The fourth-order valence-electron chi connectivity index (χ4n) is 2.31. The highest BCUT2D eigenvalue weighted by atomic mass is 16.5. The Kier molecular flexibility index (Phi) is 4.56. The predicted octanol–water partition coefficient (Wildman–Crippen LogP) is 2.11. The van der Waals surface area contributed by atoms with Crippen LogP contribution in [0.15, 0.2) is 24.5 Å². The van der Waals surface area contributed by atoms with E-state index in [2.05, 4.69) is 4.98 Å². The van der Waals surface area contributed by atoms with Gasteiger partial charge in [0.05, 0.1) is 12.8 Å². The van der Waals surface area contributed by atoms with Crippen molar-refractivity contribution in [3.05, 3.63) is 24.5 Å². The Morgan fingerprint density at radius 3 is 2.89 bits per heavy atom. The van der Waals surface area contributed by atoms with E-state index in [1.54, 1.807) is 19.3 Å². The zero-order valence-electron chi connectivity index (χ0n) is 10.8. The second-order valence-electron chi connectivity index (χ2n) is 4.78. The van der Waals surface area contributed by atoms with Gasteiger partial charge in [-0.15, -0.1) is 0 Å². The Morgan fingerprint density at radius 1 is 1.50 bits per heavy atom. The normalized spacial score (nSPS) is 16.6. The molecule has 2 heterocycles. The highest BCUT2D eigenvalue weighted by Crippen LogP contribution is 2.20. The molecule has 0 bridgehead atoms. The third kappa shape index (κ3) is 3.72. The molecule has 0 spiro atoms. The molecule has 0 atom stereocenters. The zero-order valence-corrected chi connectivity index (χ0v) is 10.8. The summed E-state index contributed by atoms with van der Waals surface area (Å²) in [5.74, 6) is 1.70. The van der Waals surface area contributed by atoms with E-state index in [1.807, 2.05) is 17.0 Å². The number of hydrogen-bond acceptors (Lipinski definition) is 3. The summed E-state index contributed by atoms with van der Waals surface area (Å²) in [7, 11) is 0. The molecule has 0 aromatic carbocycles. The number of ether oxygens (including phenoxy) is 1. The van der Waals surface area contributed by atoms with Crippen LogP contribution in [0.2, 0.25) is 0 Å². The molecular weight excluding hydrogens is 228 g/mol. The van der Waals surface area contributed by atoms with Gasteiger partial charge in [-0.2, -0.15) is 0 Å². The molecule has 0 aliphatic carbocycles. The van der Waals surface area contributed by atoms with E-state index in [0.717, 1.165) is 44.7 Å². The standard InChI is InChI=1S/C14H20N2O2/c1-12(17)16-8-4-13(5-9-16)6-10-18-14-3-2-7-15-11-14/h2-3,7,11,13H,4-6,8-10H2,1H3. The van der Waals surface area contributed by atoms with Crippen LogP contribution in [-0.2, 0) is 4.79 Å². The molecule has 1 aliphatic rings. The van der Waals surface area contributed by atoms with Gasteiger partial charge in [0, 0.05) is 26.2 Å². The Morgan fingerprint density at radius 2 is 2.28 bits per heavy atom. The topological polar surface area (TPSA) is 42.4 Å². The van der Waals surface area contributed by atoms with Crippen LogP contribution in [0.5, 0.6) is 5.75 Å². The molecule has 4 nitrogen and oxygen atoms in total. The predicted molar refractivity (Wildman–Crippen MR) is 69.3 cm³/mol. The molecule has 0 unspecified atom stereocenters. The fourth-order valence-corrected chi connectivity index (χ4v) is 2.31. The average molecular weight is 248 g/mol. The van der Waals surface area contributed by atoms with Gasteiger partial charge in [0.2, 0.25) is 5.91 Å². The molecule has 1 aromatic heterocycles. The molecule has 4 heteroatoms. The number of likely N-dealkylation sites (tertiary alicyclic amines) is 1. The smallest absolute Gasteiger partial charge is 0.219 e. The van der Waals surface area contributed by atoms with Gasteiger partial charge in [-0.05, 0) is 37.3 Å². The molecule has 1 fully saturated rings. The van der Waals surface area contributed by atoms with Crippen LogP contribution in [0.1, 0.15) is 26.2 Å². The van der Waals surface area contributed by atoms with Gasteiger partial charge in [-0.1, -0.05) is 0 Å². The maximum Gasteiger partial charge on any atom is 0.219 e. The Hall–Kier alpha value is -1.58. The lowest BCUT2D eigenvalue weighted by Crippen LogP contribution is -2.37. The first-order valence-electron chi connectivity index (χ1n) is 6.54. The van der Waals surface area contributed by atoms with E-state index in [9.17, 15) is 4.79 Å². The van der Waals surface area contributed by atoms with Crippen molar-refractivity contribution in [3.8, 4) is 5.75 Å². The van der Waals surface area contributed by atoms with E-state index in [4.69, 9.17) is 4.74 Å². The van der Waals surface area contributed by atoms with E-state index >= 15 is 0 Å². The molecule has 2 rings (SSSR count). The van der Waals surface area contributed by atoms with Crippen molar-refractivity contribution in [1.29, 1.82) is 0 Å². The monoisotopic (exact) mass is 248 g/mol. The van der Waals surface area contributed by atoms with Crippen LogP contribution >= 0.6 is 0 Å². The molecule has 1 saturated heterocycles. The number of pyridine rings is 1. The van der Waals surface area contributed by atoms with Gasteiger partial charge in [0.1, 0.15) is 5.75 Å². The lowest BCUT2D eigenvalue weighted by molar-refractivity contribution is -0.130. The number of amides is 1. The van der Waals surface area contributed by atoms with Gasteiger partial charge in [-0.3, -0.25) is 9.78 Å². The minimum Gasteiger partial charge on any atom is -0.492 e. The number of carbonyl (C=O) groups excluding carboxylic acids is 1. The molecule has 0 saturated carbocycles. The highest BCUT2D eigenvalue weighted by Gasteiger charge is 2.20. The van der Waals surface area contributed by atoms with E-state index < -0.39 is 0 Å². The quantitative estimate of drug-likeness (QED) is 0.819. The Balaban J connectivity index is 1.65. The van der Waals surface area contributed by atoms with E-state index in [1.165, 1.54) is 0 Å². The van der Waals surface area contributed by atoms with Crippen LogP contribution in [0.4, 0.5) is 0 Å². The third-order valence-electron chi connectivity index (χ3n) is 3.49. The van der Waals surface area contributed by atoms with Gasteiger partial charge < -0.3 is 9.64 Å². The van der Waals surface area contributed by atoms with Crippen LogP contribution in [-0.4, -0.2) is 35.5 Å². The number of nitrogens with zero attached hydrogens (tertiary/aromatic N) is 2. The number of hydrogen-bond donors (Lipinski definition) is 0. The maximum absolute atomic E-state index is 11.2. The maximum atomic E-state index is 11.2. The summed E-state index contributed by atoms with van der Waals surface area (Å²) in [6.45, 7) is 4.17. The summed E-state index contributed by atoms with van der Waals surface area (Å²) in [4.78, 5) is 17.1. The Bertz CT molecular complexity index is 373. The van der Waals surface area contributed by atoms with Crippen molar-refractivity contribution in [2.75, 3.05) is 19.7 Å². The molecule has 1 amide bonds. The fraction of sp³-hybridized carbons (Fsp3) is 0.571. The van der Waals surface area contributed by atoms with Crippen LogP contribution in [0.3, 0.4) is 0 Å². The summed E-state index contributed by atoms with van der Waals surface area (Å²) < 4.78 is 5.64. The summed E-state index contributed by atoms with van der Waals surface area (Å²) in [6, 6.07) is 3.80. The van der Waals surface area contributed by atoms with Crippen molar-refractivity contribution in [1.82, 2.24) is 9.88 Å². The molecule has 1 aliphatic heterocycles. The van der Waals surface area contributed by atoms with Gasteiger partial charge >= 0.3 is 0 Å². The lowest BCUT2D eigenvalue weighted by Gasteiger charge is -2.31.